The van der Waals surface area contributed by atoms with Crippen LogP contribution >= 0.6 is 0 Å². The Morgan fingerprint density at radius 2 is 1.97 bits per heavy atom. The second kappa shape index (κ2) is 8.74. The topological polar surface area (TPSA) is 83.3 Å². The highest BCUT2D eigenvalue weighted by Gasteiger charge is 2.23. The Morgan fingerprint density at radius 3 is 2.73 bits per heavy atom. The molecule has 4 rings (SSSR count). The molecular weight excluding hydrogens is 392 g/mol. The third-order valence-corrected chi connectivity index (χ3v) is 5.17. The van der Waals surface area contributed by atoms with Crippen LogP contribution < -0.4 is 10.3 Å². The van der Waals surface area contributed by atoms with E-state index in [-0.39, 0.29) is 23.8 Å². The van der Waals surface area contributed by atoms with E-state index >= 15 is 0 Å². The highest BCUT2D eigenvalue weighted by atomic mass is 19.1. The Balaban J connectivity index is 1.77. The first kappa shape index (κ1) is 20.2. The molecule has 0 spiro atoms. The zero-order valence-corrected chi connectivity index (χ0v) is 16.4. The molecule has 9 heteroatoms. The first-order valence-corrected chi connectivity index (χ1v) is 10.1. The van der Waals surface area contributed by atoms with Crippen molar-refractivity contribution in [3.8, 4) is 11.3 Å². The number of aliphatic hydroxyl groups is 1. The van der Waals surface area contributed by atoms with Crippen molar-refractivity contribution < 1.29 is 18.7 Å². The van der Waals surface area contributed by atoms with Gasteiger partial charge in [0.2, 0.25) is 0 Å². The summed E-state index contributed by atoms with van der Waals surface area (Å²) < 4.78 is 28.4. The summed E-state index contributed by atoms with van der Waals surface area (Å²) in [6.07, 6.45) is 4.75. The van der Waals surface area contributed by atoms with Crippen LogP contribution in [0.1, 0.15) is 36.0 Å². The first-order valence-electron chi connectivity index (χ1n) is 10.1. The molecule has 1 amide bonds. The molecule has 1 aromatic carbocycles. The lowest BCUT2D eigenvalue weighted by molar-refractivity contribution is 0.0952. The number of hydrogen-bond acceptors (Lipinski definition) is 5. The van der Waals surface area contributed by atoms with Crippen LogP contribution in [0, 0.1) is 11.6 Å². The molecular formula is C21H23F2N5O2. The van der Waals surface area contributed by atoms with Gasteiger partial charge in [0.1, 0.15) is 17.3 Å². The maximum atomic E-state index is 14.5. The minimum atomic E-state index is -0.594. The third-order valence-electron chi connectivity index (χ3n) is 5.17. The average Bonchev–Trinajstić information content (AvgIpc) is 3.40. The van der Waals surface area contributed by atoms with Crippen LogP contribution in [0.5, 0.6) is 0 Å². The smallest absolute Gasteiger partial charge is 0.252 e. The lowest BCUT2D eigenvalue weighted by Crippen LogP contribution is -2.32. The van der Waals surface area contributed by atoms with Gasteiger partial charge in [0.25, 0.3) is 5.91 Å². The summed E-state index contributed by atoms with van der Waals surface area (Å²) in [5, 5.41) is 18.7. The van der Waals surface area contributed by atoms with Gasteiger partial charge in [-0.25, -0.2) is 13.8 Å². The molecule has 0 bridgehead atoms. The molecule has 30 heavy (non-hydrogen) atoms. The van der Waals surface area contributed by atoms with E-state index in [4.69, 9.17) is 5.11 Å². The number of fused-ring (bicyclic) bond motifs is 1. The molecule has 0 saturated carbocycles. The summed E-state index contributed by atoms with van der Waals surface area (Å²) >= 11 is 0. The van der Waals surface area contributed by atoms with Crippen molar-refractivity contribution in [3.63, 3.8) is 0 Å². The number of unbranched alkanes of at least 4 members (excludes halogenated alkanes) is 1. The normalized spacial score (nSPS) is 13.9. The highest BCUT2D eigenvalue weighted by Crippen LogP contribution is 2.31. The molecule has 2 aromatic heterocycles. The van der Waals surface area contributed by atoms with Crippen molar-refractivity contribution in [3.05, 3.63) is 47.7 Å². The van der Waals surface area contributed by atoms with Crippen LogP contribution in [0.3, 0.4) is 0 Å². The van der Waals surface area contributed by atoms with Crippen molar-refractivity contribution in [1.82, 2.24) is 20.2 Å². The Bertz CT molecular complexity index is 1060. The largest absolute Gasteiger partial charge is 0.396 e. The van der Waals surface area contributed by atoms with Gasteiger partial charge >= 0.3 is 0 Å². The molecule has 0 aliphatic carbocycles. The van der Waals surface area contributed by atoms with Gasteiger partial charge in [0.15, 0.2) is 5.65 Å². The van der Waals surface area contributed by atoms with Crippen LogP contribution in [0.15, 0.2) is 30.5 Å². The number of aliphatic hydroxyl groups excluding tert-OH is 1. The number of amides is 1. The van der Waals surface area contributed by atoms with Crippen LogP contribution in [-0.2, 0) is 0 Å². The zero-order chi connectivity index (χ0) is 21.1. The molecule has 158 valence electrons. The highest BCUT2D eigenvalue weighted by molar-refractivity contribution is 6.00. The fourth-order valence-corrected chi connectivity index (χ4v) is 3.62. The first-order chi connectivity index (χ1) is 14.6. The van der Waals surface area contributed by atoms with Gasteiger partial charge in [0.05, 0.1) is 10.9 Å². The van der Waals surface area contributed by atoms with E-state index in [1.165, 1.54) is 6.20 Å². The van der Waals surface area contributed by atoms with Crippen molar-refractivity contribution in [2.75, 3.05) is 31.3 Å². The number of rotatable bonds is 7. The number of aromatic nitrogens is 3. The van der Waals surface area contributed by atoms with E-state index in [1.807, 2.05) is 5.01 Å². The average molecular weight is 415 g/mol. The van der Waals surface area contributed by atoms with E-state index in [2.05, 4.69) is 15.4 Å². The van der Waals surface area contributed by atoms with Gasteiger partial charge in [0, 0.05) is 38.0 Å². The molecule has 3 aromatic rings. The molecule has 0 unspecified atom stereocenters. The Kier molecular flexibility index (Phi) is 5.89. The number of carbonyl (C=O) groups is 1. The number of hydrogen-bond donors (Lipinski definition) is 2. The minimum Gasteiger partial charge on any atom is -0.396 e. The Labute approximate surface area is 172 Å². The number of pyridine rings is 1. The standard InChI is InChI=1S/C21H23F2N5O2/c22-15-5-6-18(23)16(12-15)19-17-11-14(21(30)24-7-1-4-10-29)13-25-20(17)28(26-19)27-8-2-3-9-27/h5-6,11-13,29H,1-4,7-10H2,(H,24,30). The van der Waals surface area contributed by atoms with Crippen molar-refractivity contribution in [1.29, 1.82) is 0 Å². The summed E-state index contributed by atoms with van der Waals surface area (Å²) in [6, 6.07) is 4.84. The third kappa shape index (κ3) is 3.97. The fourth-order valence-electron chi connectivity index (χ4n) is 3.62. The summed E-state index contributed by atoms with van der Waals surface area (Å²) in [5.41, 5.74) is 1.08. The van der Waals surface area contributed by atoms with Gasteiger partial charge in [-0.3, -0.25) is 9.80 Å². The van der Waals surface area contributed by atoms with Gasteiger partial charge in [-0.05, 0) is 49.9 Å². The SMILES string of the molecule is O=C(NCCCCO)c1cnc2c(c1)c(-c1cc(F)ccc1F)nn2N1CCCC1. The summed E-state index contributed by atoms with van der Waals surface area (Å²) in [6.45, 7) is 2.07. The minimum absolute atomic E-state index is 0.0280. The van der Waals surface area contributed by atoms with Crippen molar-refractivity contribution in [2.45, 2.75) is 25.7 Å². The van der Waals surface area contributed by atoms with E-state index < -0.39 is 11.6 Å². The lowest BCUT2D eigenvalue weighted by Gasteiger charge is -2.17. The number of halogens is 2. The van der Waals surface area contributed by atoms with Crippen LogP contribution in [-0.4, -0.2) is 52.1 Å². The predicted octanol–water partition coefficient (Wildman–Crippen LogP) is 2.61. The summed E-state index contributed by atoms with van der Waals surface area (Å²) in [7, 11) is 0. The number of carbonyl (C=O) groups excluding carboxylic acids is 1. The predicted molar refractivity (Wildman–Crippen MR) is 109 cm³/mol. The van der Waals surface area contributed by atoms with Gasteiger partial charge in [-0.1, -0.05) is 0 Å². The zero-order valence-electron chi connectivity index (χ0n) is 16.4. The van der Waals surface area contributed by atoms with E-state index in [9.17, 15) is 13.6 Å². The molecule has 1 aliphatic heterocycles. The second-order valence-corrected chi connectivity index (χ2v) is 7.30. The van der Waals surface area contributed by atoms with E-state index in [1.54, 1.807) is 10.9 Å². The molecule has 1 fully saturated rings. The second-order valence-electron chi connectivity index (χ2n) is 7.30. The summed E-state index contributed by atoms with van der Waals surface area (Å²) in [4.78, 5) is 18.6. The van der Waals surface area contributed by atoms with Gasteiger partial charge in [-0.15, -0.1) is 5.10 Å². The molecule has 0 atom stereocenters. The Hall–Kier alpha value is -3.07. The van der Waals surface area contributed by atoms with Crippen molar-refractivity contribution in [2.24, 2.45) is 0 Å². The van der Waals surface area contributed by atoms with E-state index in [0.717, 1.165) is 44.1 Å². The number of benzene rings is 1. The quantitative estimate of drug-likeness (QED) is 0.580. The fraction of sp³-hybridized carbons (Fsp3) is 0.381. The Morgan fingerprint density at radius 1 is 1.17 bits per heavy atom. The molecule has 3 heterocycles. The molecule has 1 aliphatic rings. The maximum Gasteiger partial charge on any atom is 0.252 e. The van der Waals surface area contributed by atoms with Crippen LogP contribution in [0.2, 0.25) is 0 Å². The molecule has 7 nitrogen and oxygen atoms in total. The number of nitrogens with zero attached hydrogens (tertiary/aromatic N) is 4. The lowest BCUT2D eigenvalue weighted by atomic mass is 10.1. The van der Waals surface area contributed by atoms with Gasteiger partial charge in [-0.2, -0.15) is 4.79 Å². The molecule has 0 radical (unpaired) electrons. The molecule has 2 N–H and O–H groups in total. The summed E-state index contributed by atoms with van der Waals surface area (Å²) in [5.74, 6) is -1.48. The van der Waals surface area contributed by atoms with Gasteiger partial charge < -0.3 is 10.4 Å². The van der Waals surface area contributed by atoms with Crippen LogP contribution in [0.25, 0.3) is 22.3 Å². The van der Waals surface area contributed by atoms with Crippen molar-refractivity contribution >= 4 is 16.9 Å². The number of nitrogens with one attached hydrogen (secondary N) is 1. The maximum absolute atomic E-state index is 14.5. The van der Waals surface area contributed by atoms with Crippen LogP contribution in [0.4, 0.5) is 8.78 Å². The molecule has 1 saturated heterocycles. The monoisotopic (exact) mass is 415 g/mol. The van der Waals surface area contributed by atoms with E-state index in [0.29, 0.717) is 36.0 Å².